The summed E-state index contributed by atoms with van der Waals surface area (Å²) in [5, 5.41) is 0. The quantitative estimate of drug-likeness (QED) is 0.764. The summed E-state index contributed by atoms with van der Waals surface area (Å²) < 4.78 is 5.34. The van der Waals surface area contributed by atoms with Gasteiger partial charge in [-0.1, -0.05) is 31.9 Å². The van der Waals surface area contributed by atoms with Gasteiger partial charge in [0, 0.05) is 31.5 Å². The maximum atomic E-state index is 13.1. The molecule has 0 radical (unpaired) electrons. The average Bonchev–Trinajstić information content (AvgIpc) is 3.40. The maximum absolute atomic E-state index is 13.1. The molecule has 4 heteroatoms. The van der Waals surface area contributed by atoms with Crippen LogP contribution >= 0.6 is 0 Å². The van der Waals surface area contributed by atoms with E-state index in [0.717, 1.165) is 44.1 Å². The van der Waals surface area contributed by atoms with Gasteiger partial charge in [-0.25, -0.2) is 0 Å². The molecule has 3 fully saturated rings. The van der Waals surface area contributed by atoms with Crippen molar-refractivity contribution in [2.75, 3.05) is 39.8 Å². The summed E-state index contributed by atoms with van der Waals surface area (Å²) >= 11 is 0. The van der Waals surface area contributed by atoms with Crippen molar-refractivity contribution in [3.8, 4) is 5.75 Å². The minimum absolute atomic E-state index is 0.283. The van der Waals surface area contributed by atoms with Crippen molar-refractivity contribution in [2.45, 2.75) is 51.4 Å². The van der Waals surface area contributed by atoms with Crippen molar-refractivity contribution in [2.24, 2.45) is 17.8 Å². The molecule has 2 heterocycles. The average molecular weight is 385 g/mol. The minimum Gasteiger partial charge on any atom is -0.497 e. The van der Waals surface area contributed by atoms with E-state index in [0.29, 0.717) is 17.7 Å². The first kappa shape index (κ1) is 19.8. The van der Waals surface area contributed by atoms with Crippen LogP contribution in [-0.2, 0) is 4.79 Å². The molecule has 1 saturated carbocycles. The van der Waals surface area contributed by atoms with Crippen LogP contribution in [0.5, 0.6) is 5.75 Å². The Balaban J connectivity index is 1.48. The molecule has 0 N–H and O–H groups in total. The van der Waals surface area contributed by atoms with Gasteiger partial charge in [-0.05, 0) is 68.3 Å². The van der Waals surface area contributed by atoms with Crippen LogP contribution in [0.4, 0.5) is 0 Å². The normalized spacial score (nSPS) is 27.4. The molecule has 0 bridgehead atoms. The van der Waals surface area contributed by atoms with E-state index in [-0.39, 0.29) is 5.92 Å². The Bertz CT molecular complexity index is 645. The number of hydrogen-bond donors (Lipinski definition) is 0. The summed E-state index contributed by atoms with van der Waals surface area (Å²) in [5.41, 5.74) is 1.36. The van der Waals surface area contributed by atoms with Gasteiger partial charge in [0.15, 0.2) is 0 Å². The largest absolute Gasteiger partial charge is 0.497 e. The van der Waals surface area contributed by atoms with Crippen LogP contribution in [0.25, 0.3) is 0 Å². The second-order valence-electron chi connectivity index (χ2n) is 9.35. The molecule has 4 rings (SSSR count). The van der Waals surface area contributed by atoms with Crippen LogP contribution in [-0.4, -0.2) is 55.5 Å². The van der Waals surface area contributed by atoms with Crippen LogP contribution in [0.1, 0.15) is 56.9 Å². The summed E-state index contributed by atoms with van der Waals surface area (Å²) in [7, 11) is 1.72. The van der Waals surface area contributed by atoms with Gasteiger partial charge < -0.3 is 14.5 Å². The second-order valence-corrected chi connectivity index (χ2v) is 9.35. The standard InChI is InChI=1S/C24H36N2O2/c1-18-11-13-25(14-12-18)15-21-16-26(24(27)20-5-3-4-6-20)17-23(21)19-7-9-22(28-2)10-8-19/h7-10,18,20-21,23H,3-6,11-17H2,1-2H3/t21-,23-/m0/s1. The molecule has 0 unspecified atom stereocenters. The molecule has 0 spiro atoms. The zero-order valence-corrected chi connectivity index (χ0v) is 17.6. The highest BCUT2D eigenvalue weighted by molar-refractivity contribution is 5.79. The lowest BCUT2D eigenvalue weighted by atomic mass is 9.87. The second kappa shape index (κ2) is 8.86. The maximum Gasteiger partial charge on any atom is 0.225 e. The first-order valence-electron chi connectivity index (χ1n) is 11.3. The first-order valence-corrected chi connectivity index (χ1v) is 11.3. The molecule has 2 aliphatic heterocycles. The number of hydrogen-bond acceptors (Lipinski definition) is 3. The van der Waals surface area contributed by atoms with Gasteiger partial charge >= 0.3 is 0 Å². The number of nitrogens with zero attached hydrogens (tertiary/aromatic N) is 2. The number of benzene rings is 1. The minimum atomic E-state index is 0.283. The molecular weight excluding hydrogens is 348 g/mol. The lowest BCUT2D eigenvalue weighted by Gasteiger charge is -2.33. The number of carbonyl (C=O) groups is 1. The third-order valence-corrected chi connectivity index (χ3v) is 7.37. The van der Waals surface area contributed by atoms with E-state index in [1.165, 1.54) is 44.3 Å². The third kappa shape index (κ3) is 4.37. The number of ether oxygens (including phenoxy) is 1. The van der Waals surface area contributed by atoms with Crippen LogP contribution < -0.4 is 4.74 Å². The summed E-state index contributed by atoms with van der Waals surface area (Å²) in [6, 6.07) is 8.55. The topological polar surface area (TPSA) is 32.8 Å². The lowest BCUT2D eigenvalue weighted by Crippen LogP contribution is -2.39. The van der Waals surface area contributed by atoms with E-state index in [9.17, 15) is 4.79 Å². The lowest BCUT2D eigenvalue weighted by molar-refractivity contribution is -0.134. The van der Waals surface area contributed by atoms with Gasteiger partial charge in [-0.3, -0.25) is 4.79 Å². The van der Waals surface area contributed by atoms with Crippen LogP contribution in [0.15, 0.2) is 24.3 Å². The molecule has 154 valence electrons. The highest BCUT2D eigenvalue weighted by atomic mass is 16.5. The van der Waals surface area contributed by atoms with Crippen molar-refractivity contribution >= 4 is 5.91 Å². The monoisotopic (exact) mass is 384 g/mol. The van der Waals surface area contributed by atoms with E-state index in [2.05, 4.69) is 41.0 Å². The zero-order valence-electron chi connectivity index (χ0n) is 17.6. The molecule has 4 nitrogen and oxygen atoms in total. The molecule has 2 atom stereocenters. The molecule has 3 aliphatic rings. The first-order chi connectivity index (χ1) is 13.6. The van der Waals surface area contributed by atoms with Gasteiger partial charge in [0.1, 0.15) is 5.75 Å². The van der Waals surface area contributed by atoms with Gasteiger partial charge in [0.05, 0.1) is 7.11 Å². The highest BCUT2D eigenvalue weighted by Crippen LogP contribution is 2.37. The smallest absolute Gasteiger partial charge is 0.225 e. The van der Waals surface area contributed by atoms with Crippen molar-refractivity contribution < 1.29 is 9.53 Å². The van der Waals surface area contributed by atoms with Crippen molar-refractivity contribution in [3.63, 3.8) is 0 Å². The SMILES string of the molecule is COc1ccc([C@@H]2CN(C(=O)C3CCCC3)C[C@@H]2CN2CCC(C)CC2)cc1. The number of amides is 1. The number of rotatable bonds is 5. The fourth-order valence-electron chi connectivity index (χ4n) is 5.47. The molecule has 1 aromatic carbocycles. The van der Waals surface area contributed by atoms with Crippen LogP contribution in [0.3, 0.4) is 0 Å². The number of methoxy groups -OCH3 is 1. The molecule has 2 saturated heterocycles. The number of carbonyl (C=O) groups excluding carboxylic acids is 1. The fourth-order valence-corrected chi connectivity index (χ4v) is 5.47. The van der Waals surface area contributed by atoms with E-state index < -0.39 is 0 Å². The van der Waals surface area contributed by atoms with Crippen LogP contribution in [0.2, 0.25) is 0 Å². The van der Waals surface area contributed by atoms with Crippen molar-refractivity contribution in [1.82, 2.24) is 9.80 Å². The summed E-state index contributed by atoms with van der Waals surface area (Å²) in [5.74, 6) is 3.44. The Kier molecular flexibility index (Phi) is 6.25. The molecular formula is C24H36N2O2. The molecule has 1 aliphatic carbocycles. The van der Waals surface area contributed by atoms with E-state index >= 15 is 0 Å². The Hall–Kier alpha value is -1.55. The summed E-state index contributed by atoms with van der Waals surface area (Å²) in [4.78, 5) is 17.9. The van der Waals surface area contributed by atoms with E-state index in [1.54, 1.807) is 7.11 Å². The molecule has 28 heavy (non-hydrogen) atoms. The predicted octanol–water partition coefficient (Wildman–Crippen LogP) is 4.16. The molecule has 1 aromatic rings. The number of likely N-dealkylation sites (tertiary alicyclic amines) is 2. The Labute approximate surface area is 170 Å². The Morgan fingerprint density at radius 2 is 1.71 bits per heavy atom. The van der Waals surface area contributed by atoms with Crippen molar-refractivity contribution in [1.29, 1.82) is 0 Å². The summed E-state index contributed by atoms with van der Waals surface area (Å²) in [6.07, 6.45) is 7.26. The Morgan fingerprint density at radius 1 is 1.04 bits per heavy atom. The molecule has 0 aromatic heterocycles. The number of piperidine rings is 1. The van der Waals surface area contributed by atoms with Gasteiger partial charge in [-0.2, -0.15) is 0 Å². The van der Waals surface area contributed by atoms with E-state index in [4.69, 9.17) is 4.74 Å². The fraction of sp³-hybridized carbons (Fsp3) is 0.708. The van der Waals surface area contributed by atoms with Gasteiger partial charge in [-0.15, -0.1) is 0 Å². The third-order valence-electron chi connectivity index (χ3n) is 7.37. The van der Waals surface area contributed by atoms with Crippen LogP contribution in [0, 0.1) is 17.8 Å². The molecule has 1 amide bonds. The Morgan fingerprint density at radius 3 is 2.36 bits per heavy atom. The van der Waals surface area contributed by atoms with E-state index in [1.807, 2.05) is 0 Å². The highest BCUT2D eigenvalue weighted by Gasteiger charge is 2.39. The zero-order chi connectivity index (χ0) is 19.5. The van der Waals surface area contributed by atoms with Crippen molar-refractivity contribution in [3.05, 3.63) is 29.8 Å². The van der Waals surface area contributed by atoms with Gasteiger partial charge in [0.2, 0.25) is 5.91 Å². The van der Waals surface area contributed by atoms with Gasteiger partial charge in [0.25, 0.3) is 0 Å². The summed E-state index contributed by atoms with van der Waals surface area (Å²) in [6.45, 7) is 7.73. The predicted molar refractivity (Wildman–Crippen MR) is 113 cm³/mol.